The van der Waals surface area contributed by atoms with Gasteiger partial charge in [0.2, 0.25) is 5.91 Å². The maximum absolute atomic E-state index is 12.2. The van der Waals surface area contributed by atoms with Gasteiger partial charge in [-0.1, -0.05) is 6.92 Å². The minimum atomic E-state index is 0. The highest BCUT2D eigenvalue weighted by Crippen LogP contribution is 2.25. The number of nitrogens with one attached hydrogen (secondary N) is 3. The number of anilines is 1. The summed E-state index contributed by atoms with van der Waals surface area (Å²) in [5.74, 6) is 0.267. The van der Waals surface area contributed by atoms with E-state index in [1.54, 1.807) is 12.4 Å². The van der Waals surface area contributed by atoms with E-state index in [1.807, 2.05) is 12.1 Å². The van der Waals surface area contributed by atoms with Gasteiger partial charge in [-0.05, 0) is 44.2 Å². The van der Waals surface area contributed by atoms with Crippen molar-refractivity contribution in [3.8, 4) is 0 Å². The van der Waals surface area contributed by atoms with E-state index in [2.05, 4.69) is 28.1 Å². The number of halogens is 2. The number of hydrogen-bond acceptors (Lipinski definition) is 4. The number of nitrogens with zero attached hydrogens (tertiary/aromatic N) is 1. The Morgan fingerprint density at radius 3 is 2.41 bits per heavy atom. The number of hydrogen-bond donors (Lipinski definition) is 3. The number of aromatic nitrogens is 1. The number of carbonyl (C=O) groups is 1. The van der Waals surface area contributed by atoms with Crippen LogP contribution >= 0.6 is 24.8 Å². The van der Waals surface area contributed by atoms with Gasteiger partial charge >= 0.3 is 0 Å². The molecule has 1 aromatic heterocycles. The standard InChI is InChI=1S/C15H24N4O.2ClH/c1-2-9-17-19-14-5-3-12(4-6-14)15(20)18-13-7-10-16-11-8-13;;/h7-8,10-12,14,17,19H,2-6,9H2,1H3,(H,16,18,20);2*1H/t12-,14-;;. The first kappa shape index (κ1) is 21.1. The average Bonchev–Trinajstić information content (AvgIpc) is 2.49. The Bertz CT molecular complexity index is 411. The Morgan fingerprint density at radius 2 is 1.82 bits per heavy atom. The minimum absolute atomic E-state index is 0. The highest BCUT2D eigenvalue weighted by molar-refractivity contribution is 5.92. The number of amides is 1. The van der Waals surface area contributed by atoms with Crippen molar-refractivity contribution in [1.29, 1.82) is 0 Å². The number of pyridine rings is 1. The predicted octanol–water partition coefficient (Wildman–Crippen LogP) is 2.93. The Kier molecular flexibility index (Phi) is 11.2. The van der Waals surface area contributed by atoms with E-state index in [0.717, 1.165) is 44.3 Å². The molecule has 1 saturated carbocycles. The zero-order valence-corrected chi connectivity index (χ0v) is 14.5. The SMILES string of the molecule is CCCNN[C@H]1CC[C@H](C(=O)Nc2ccncc2)CC1.Cl.Cl. The van der Waals surface area contributed by atoms with Gasteiger partial charge < -0.3 is 5.32 Å². The monoisotopic (exact) mass is 348 g/mol. The molecule has 1 aliphatic rings. The van der Waals surface area contributed by atoms with Gasteiger partial charge in [-0.2, -0.15) is 0 Å². The molecule has 1 aliphatic carbocycles. The number of hydrazine groups is 1. The Balaban J connectivity index is 0.00000220. The molecule has 1 fully saturated rings. The second-order valence-corrected chi connectivity index (χ2v) is 5.34. The Labute approximate surface area is 144 Å². The fraction of sp³-hybridized carbons (Fsp3) is 0.600. The highest BCUT2D eigenvalue weighted by atomic mass is 35.5. The van der Waals surface area contributed by atoms with Gasteiger partial charge in [-0.25, -0.2) is 0 Å². The molecule has 1 aromatic rings. The first-order valence-corrected chi connectivity index (χ1v) is 7.49. The van der Waals surface area contributed by atoms with Crippen LogP contribution in [0.1, 0.15) is 39.0 Å². The number of carbonyl (C=O) groups excluding carboxylic acids is 1. The van der Waals surface area contributed by atoms with E-state index in [9.17, 15) is 4.79 Å². The summed E-state index contributed by atoms with van der Waals surface area (Å²) in [6.45, 7) is 3.14. The zero-order valence-electron chi connectivity index (χ0n) is 12.9. The molecular formula is C15H26Cl2N4O. The van der Waals surface area contributed by atoms with Crippen molar-refractivity contribution < 1.29 is 4.79 Å². The lowest BCUT2D eigenvalue weighted by atomic mass is 9.85. The van der Waals surface area contributed by atoms with Crippen LogP contribution in [0, 0.1) is 5.92 Å². The predicted molar refractivity (Wildman–Crippen MR) is 94.5 cm³/mol. The van der Waals surface area contributed by atoms with E-state index in [1.165, 1.54) is 0 Å². The van der Waals surface area contributed by atoms with Crippen molar-refractivity contribution in [2.45, 2.75) is 45.1 Å². The van der Waals surface area contributed by atoms with Crippen LogP contribution < -0.4 is 16.2 Å². The average molecular weight is 349 g/mol. The summed E-state index contributed by atoms with van der Waals surface area (Å²) in [5, 5.41) is 2.96. The second kappa shape index (κ2) is 11.7. The molecule has 0 spiro atoms. The summed E-state index contributed by atoms with van der Waals surface area (Å²) >= 11 is 0. The van der Waals surface area contributed by atoms with Crippen molar-refractivity contribution in [2.24, 2.45) is 5.92 Å². The van der Waals surface area contributed by atoms with Crippen molar-refractivity contribution in [3.05, 3.63) is 24.5 Å². The van der Waals surface area contributed by atoms with Crippen molar-refractivity contribution >= 4 is 36.4 Å². The maximum atomic E-state index is 12.2. The van der Waals surface area contributed by atoms with E-state index in [-0.39, 0.29) is 36.6 Å². The van der Waals surface area contributed by atoms with Gasteiger partial charge in [-0.15, -0.1) is 24.8 Å². The maximum Gasteiger partial charge on any atom is 0.227 e. The third-order valence-corrected chi connectivity index (χ3v) is 3.73. The molecule has 0 aliphatic heterocycles. The van der Waals surface area contributed by atoms with Crippen LogP contribution in [-0.2, 0) is 4.79 Å². The molecule has 0 bridgehead atoms. The zero-order chi connectivity index (χ0) is 14.2. The summed E-state index contributed by atoms with van der Waals surface area (Å²) in [6.07, 6.45) is 8.49. The van der Waals surface area contributed by atoms with Crippen LogP contribution in [0.15, 0.2) is 24.5 Å². The normalized spacial score (nSPS) is 20.4. The van der Waals surface area contributed by atoms with Crippen LogP contribution in [0.2, 0.25) is 0 Å². The largest absolute Gasteiger partial charge is 0.326 e. The molecule has 0 atom stereocenters. The van der Waals surface area contributed by atoms with Gasteiger partial charge in [0, 0.05) is 36.6 Å². The summed E-state index contributed by atoms with van der Waals surface area (Å²) in [5.41, 5.74) is 7.40. The third-order valence-electron chi connectivity index (χ3n) is 3.73. The minimum Gasteiger partial charge on any atom is -0.326 e. The van der Waals surface area contributed by atoms with Gasteiger partial charge in [0.1, 0.15) is 0 Å². The second-order valence-electron chi connectivity index (χ2n) is 5.34. The van der Waals surface area contributed by atoms with Crippen LogP contribution in [0.4, 0.5) is 5.69 Å². The Hall–Kier alpha value is -0.880. The molecule has 0 saturated heterocycles. The van der Waals surface area contributed by atoms with E-state index >= 15 is 0 Å². The first-order chi connectivity index (χ1) is 9.79. The molecule has 5 nitrogen and oxygen atoms in total. The third kappa shape index (κ3) is 6.92. The van der Waals surface area contributed by atoms with Crippen molar-refractivity contribution in [3.63, 3.8) is 0 Å². The molecule has 0 radical (unpaired) electrons. The van der Waals surface area contributed by atoms with Crippen molar-refractivity contribution in [1.82, 2.24) is 15.8 Å². The van der Waals surface area contributed by atoms with E-state index < -0.39 is 0 Å². The van der Waals surface area contributed by atoms with Gasteiger partial charge in [0.05, 0.1) is 0 Å². The summed E-state index contributed by atoms with van der Waals surface area (Å²) in [7, 11) is 0. The molecule has 2 rings (SSSR count). The Morgan fingerprint density at radius 1 is 1.18 bits per heavy atom. The van der Waals surface area contributed by atoms with E-state index in [0.29, 0.717) is 6.04 Å². The topological polar surface area (TPSA) is 66.0 Å². The quantitative estimate of drug-likeness (QED) is 0.546. The van der Waals surface area contributed by atoms with Crippen LogP contribution in [0.3, 0.4) is 0 Å². The summed E-state index contributed by atoms with van der Waals surface area (Å²) in [6, 6.07) is 4.13. The first-order valence-electron chi connectivity index (χ1n) is 7.49. The van der Waals surface area contributed by atoms with Gasteiger partial charge in [-0.3, -0.25) is 20.6 Å². The van der Waals surface area contributed by atoms with Crippen molar-refractivity contribution in [2.75, 3.05) is 11.9 Å². The molecular weight excluding hydrogens is 323 g/mol. The van der Waals surface area contributed by atoms with Crippen LogP contribution in [0.25, 0.3) is 0 Å². The van der Waals surface area contributed by atoms with Crippen LogP contribution in [0.5, 0.6) is 0 Å². The fourth-order valence-corrected chi connectivity index (χ4v) is 2.52. The van der Waals surface area contributed by atoms with Gasteiger partial charge in [0.25, 0.3) is 0 Å². The molecule has 1 heterocycles. The van der Waals surface area contributed by atoms with Crippen LogP contribution in [-0.4, -0.2) is 23.5 Å². The summed E-state index contributed by atoms with van der Waals surface area (Å²) < 4.78 is 0. The molecule has 0 aromatic carbocycles. The number of rotatable bonds is 6. The lowest BCUT2D eigenvalue weighted by Crippen LogP contribution is -2.44. The lowest BCUT2D eigenvalue weighted by molar-refractivity contribution is -0.120. The molecule has 126 valence electrons. The van der Waals surface area contributed by atoms with E-state index in [4.69, 9.17) is 0 Å². The smallest absolute Gasteiger partial charge is 0.227 e. The lowest BCUT2D eigenvalue weighted by Gasteiger charge is -2.28. The molecule has 7 heteroatoms. The highest BCUT2D eigenvalue weighted by Gasteiger charge is 2.26. The molecule has 22 heavy (non-hydrogen) atoms. The molecule has 0 unspecified atom stereocenters. The molecule has 3 N–H and O–H groups in total. The summed E-state index contributed by atoms with van der Waals surface area (Å²) in [4.78, 5) is 16.1. The fourth-order valence-electron chi connectivity index (χ4n) is 2.52. The molecule has 1 amide bonds. The van der Waals surface area contributed by atoms with Gasteiger partial charge in [0.15, 0.2) is 0 Å².